The maximum Gasteiger partial charge on any atom is 0.340 e. The van der Waals surface area contributed by atoms with Crippen molar-refractivity contribution in [3.63, 3.8) is 0 Å². The molecule has 4 rings (SSSR count). The van der Waals surface area contributed by atoms with E-state index in [4.69, 9.17) is 4.74 Å². The van der Waals surface area contributed by atoms with Gasteiger partial charge in [0, 0.05) is 33.1 Å². The zero-order valence-corrected chi connectivity index (χ0v) is 16.6. The van der Waals surface area contributed by atoms with Gasteiger partial charge in [-0.05, 0) is 24.5 Å². The molecule has 29 heavy (non-hydrogen) atoms. The number of nitrogens with one attached hydrogen (secondary N) is 1. The van der Waals surface area contributed by atoms with Gasteiger partial charge in [-0.2, -0.15) is 0 Å². The van der Waals surface area contributed by atoms with Gasteiger partial charge >= 0.3 is 5.97 Å². The number of H-pyrrole nitrogens is 1. The van der Waals surface area contributed by atoms with Crippen molar-refractivity contribution < 1.29 is 14.3 Å². The number of fused-ring (bicyclic) bond motifs is 1. The molecular weight excluding hydrogens is 382 g/mol. The van der Waals surface area contributed by atoms with Crippen LogP contribution in [-0.2, 0) is 4.74 Å². The molecule has 0 aliphatic heterocycles. The van der Waals surface area contributed by atoms with E-state index >= 15 is 0 Å². The number of hydrogen-bond donors (Lipinski definition) is 1. The van der Waals surface area contributed by atoms with E-state index in [-0.39, 0.29) is 5.78 Å². The molecule has 1 aromatic heterocycles. The summed E-state index contributed by atoms with van der Waals surface area (Å²) in [6.45, 7) is 0. The zero-order valence-electron chi connectivity index (χ0n) is 15.8. The van der Waals surface area contributed by atoms with E-state index in [9.17, 15) is 9.59 Å². The smallest absolute Gasteiger partial charge is 0.340 e. The van der Waals surface area contributed by atoms with Gasteiger partial charge in [-0.25, -0.2) is 4.79 Å². The molecule has 0 fully saturated rings. The minimum atomic E-state index is -1.03. The Balaban J connectivity index is 1.73. The summed E-state index contributed by atoms with van der Waals surface area (Å²) >= 11 is 1.46. The van der Waals surface area contributed by atoms with Crippen LogP contribution in [0.15, 0.2) is 90.0 Å². The van der Waals surface area contributed by atoms with Gasteiger partial charge in [0.15, 0.2) is 6.10 Å². The van der Waals surface area contributed by atoms with Crippen molar-refractivity contribution >= 4 is 34.4 Å². The van der Waals surface area contributed by atoms with E-state index in [1.165, 1.54) is 11.8 Å². The lowest BCUT2D eigenvalue weighted by Gasteiger charge is -2.18. The number of carbonyl (C=O) groups is 2. The van der Waals surface area contributed by atoms with Crippen molar-refractivity contribution in [3.05, 3.63) is 102 Å². The Morgan fingerprint density at radius 2 is 1.55 bits per heavy atom. The molecule has 4 nitrogen and oxygen atoms in total. The Bertz CT molecular complexity index is 1170. The van der Waals surface area contributed by atoms with Gasteiger partial charge in [-0.15, -0.1) is 11.8 Å². The van der Waals surface area contributed by atoms with Crippen LogP contribution in [0.5, 0.6) is 0 Å². The minimum Gasteiger partial charge on any atom is -0.445 e. The fraction of sp³-hybridized carbons (Fsp3) is 0.0833. The van der Waals surface area contributed by atoms with Gasteiger partial charge in [-0.1, -0.05) is 60.7 Å². The summed E-state index contributed by atoms with van der Waals surface area (Å²) in [5, 5.41) is 0.805. The average molecular weight is 401 g/mol. The first-order valence-electron chi connectivity index (χ1n) is 9.18. The topological polar surface area (TPSA) is 59.2 Å². The van der Waals surface area contributed by atoms with Crippen molar-refractivity contribution in [1.82, 2.24) is 4.98 Å². The lowest BCUT2D eigenvalue weighted by atomic mass is 9.99. The van der Waals surface area contributed by atoms with E-state index in [1.807, 2.05) is 60.9 Å². The minimum absolute atomic E-state index is 0.261. The number of ether oxygens (including phenoxy) is 1. The lowest BCUT2D eigenvalue weighted by molar-refractivity contribution is 0.0277. The van der Waals surface area contributed by atoms with Crippen LogP contribution < -0.4 is 0 Å². The number of hydrogen-bond acceptors (Lipinski definition) is 4. The van der Waals surface area contributed by atoms with Crippen LogP contribution in [-0.4, -0.2) is 23.0 Å². The first-order valence-corrected chi connectivity index (χ1v) is 10.4. The quantitative estimate of drug-likeness (QED) is 0.257. The third kappa shape index (κ3) is 3.82. The predicted octanol–water partition coefficient (Wildman–Crippen LogP) is 5.67. The molecule has 0 bridgehead atoms. The number of para-hydroxylation sites is 1. The second-order valence-electron chi connectivity index (χ2n) is 6.51. The first-order chi connectivity index (χ1) is 14.2. The Hall–Kier alpha value is -3.31. The van der Waals surface area contributed by atoms with Crippen LogP contribution in [0, 0.1) is 0 Å². The Labute approximate surface area is 172 Å². The molecule has 0 saturated carbocycles. The van der Waals surface area contributed by atoms with Gasteiger partial charge in [0.1, 0.15) is 0 Å². The molecule has 1 N–H and O–H groups in total. The summed E-state index contributed by atoms with van der Waals surface area (Å²) in [5.41, 5.74) is 2.45. The fourth-order valence-corrected chi connectivity index (χ4v) is 3.89. The predicted molar refractivity (Wildman–Crippen MR) is 115 cm³/mol. The summed E-state index contributed by atoms with van der Waals surface area (Å²) in [7, 11) is 0. The standard InChI is InChI=1S/C24H19NO3S/c1-29-21-14-8-6-12-18(21)24(27)28-23(16-9-3-2-4-10-16)22(26)19-15-25-20-13-7-5-11-17(19)20/h2-15,23,25H,1H3. The Kier molecular flexibility index (Phi) is 5.49. The second kappa shape index (κ2) is 8.37. The molecule has 3 aromatic carbocycles. The number of thioether (sulfide) groups is 1. The number of aromatic nitrogens is 1. The highest BCUT2D eigenvalue weighted by atomic mass is 32.2. The third-order valence-corrected chi connectivity index (χ3v) is 5.54. The van der Waals surface area contributed by atoms with Crippen molar-refractivity contribution in [3.8, 4) is 0 Å². The van der Waals surface area contributed by atoms with Crippen LogP contribution in [0.1, 0.15) is 32.4 Å². The molecule has 1 heterocycles. The summed E-state index contributed by atoms with van der Waals surface area (Å²) < 4.78 is 5.78. The first kappa shape index (κ1) is 19.0. The molecule has 1 atom stereocenters. The average Bonchev–Trinajstić information content (AvgIpc) is 3.21. The van der Waals surface area contributed by atoms with Crippen LogP contribution in [0.25, 0.3) is 10.9 Å². The molecule has 5 heteroatoms. The number of aromatic amines is 1. The van der Waals surface area contributed by atoms with Crippen molar-refractivity contribution in [2.75, 3.05) is 6.26 Å². The van der Waals surface area contributed by atoms with Crippen molar-refractivity contribution in [2.24, 2.45) is 0 Å². The van der Waals surface area contributed by atoms with E-state index in [0.717, 1.165) is 15.8 Å². The molecule has 0 spiro atoms. The highest BCUT2D eigenvalue weighted by molar-refractivity contribution is 7.98. The molecule has 0 amide bonds. The van der Waals surface area contributed by atoms with Gasteiger partial charge in [-0.3, -0.25) is 4.79 Å². The third-order valence-electron chi connectivity index (χ3n) is 4.75. The maximum absolute atomic E-state index is 13.4. The van der Waals surface area contributed by atoms with Crippen molar-refractivity contribution in [1.29, 1.82) is 0 Å². The molecule has 0 aliphatic rings. The zero-order chi connectivity index (χ0) is 20.2. The van der Waals surface area contributed by atoms with E-state index in [0.29, 0.717) is 16.7 Å². The van der Waals surface area contributed by atoms with Crippen LogP contribution >= 0.6 is 11.8 Å². The lowest BCUT2D eigenvalue weighted by Crippen LogP contribution is -2.20. The molecule has 144 valence electrons. The molecule has 0 aliphatic carbocycles. The van der Waals surface area contributed by atoms with Crippen LogP contribution in [0.4, 0.5) is 0 Å². The summed E-state index contributed by atoms with van der Waals surface area (Å²) in [6.07, 6.45) is 2.54. The number of esters is 1. The van der Waals surface area contributed by atoms with Crippen LogP contribution in [0.3, 0.4) is 0 Å². The van der Waals surface area contributed by atoms with Gasteiger partial charge in [0.05, 0.1) is 5.56 Å². The maximum atomic E-state index is 13.4. The largest absolute Gasteiger partial charge is 0.445 e. The van der Waals surface area contributed by atoms with Gasteiger partial charge in [0.25, 0.3) is 0 Å². The number of ketones is 1. The van der Waals surface area contributed by atoms with Gasteiger partial charge in [0.2, 0.25) is 5.78 Å². The normalized spacial score (nSPS) is 11.9. The van der Waals surface area contributed by atoms with Crippen molar-refractivity contribution in [2.45, 2.75) is 11.0 Å². The van der Waals surface area contributed by atoms with E-state index in [2.05, 4.69) is 4.98 Å². The molecule has 0 radical (unpaired) electrons. The molecule has 4 aromatic rings. The SMILES string of the molecule is CSc1ccccc1C(=O)OC(C(=O)c1c[nH]c2ccccc12)c1ccccc1. The van der Waals surface area contributed by atoms with E-state index in [1.54, 1.807) is 30.5 Å². The van der Waals surface area contributed by atoms with E-state index < -0.39 is 12.1 Å². The molecule has 1 unspecified atom stereocenters. The number of carbonyl (C=O) groups excluding carboxylic acids is 2. The molecule has 0 saturated heterocycles. The molecular formula is C24H19NO3S. The fourth-order valence-electron chi connectivity index (χ4n) is 3.30. The monoisotopic (exact) mass is 401 g/mol. The second-order valence-corrected chi connectivity index (χ2v) is 7.36. The number of benzene rings is 3. The Morgan fingerprint density at radius 1 is 0.862 bits per heavy atom. The summed E-state index contributed by atoms with van der Waals surface area (Å²) in [5.74, 6) is -0.777. The number of Topliss-reactive ketones (excluding diaryl/α,β-unsaturated/α-hetero) is 1. The highest BCUT2D eigenvalue weighted by Gasteiger charge is 2.29. The van der Waals surface area contributed by atoms with Crippen LogP contribution in [0.2, 0.25) is 0 Å². The van der Waals surface area contributed by atoms with Gasteiger partial charge < -0.3 is 9.72 Å². The highest BCUT2D eigenvalue weighted by Crippen LogP contribution is 2.29. The summed E-state index contributed by atoms with van der Waals surface area (Å²) in [4.78, 5) is 30.3. The Morgan fingerprint density at radius 3 is 2.34 bits per heavy atom. The summed E-state index contributed by atoms with van der Waals surface area (Å²) in [6, 6.07) is 23.9. The number of rotatable bonds is 6.